The third-order valence-corrected chi connectivity index (χ3v) is 10.8. The summed E-state index contributed by atoms with van der Waals surface area (Å²) in [5, 5.41) is 15.3. The Morgan fingerprint density at radius 2 is 1.79 bits per heavy atom. The van der Waals surface area contributed by atoms with Crippen LogP contribution in [0.3, 0.4) is 0 Å². The number of rotatable bonds is 24. The standard InChI is InChI=1S/C34H46BN3O10S4/c1-49-51-31(22-45-26-11-6-10-25(18-26)33(41)38-15-13-36)44-17-16-43-21-30(40)37-14-7-12-35-29-19-27(28(20-39)47-29)48-32(52-50-2)23-46-34(42)24-8-4-3-5-9-24/h3-6,8-11,18,27-29,31-32,35,39H,13-17,19-23,36H2,1-2H3,(H,37,40)(H,38,41)/t27-,28?,29-,31?,32-/m1/s1. The summed E-state index contributed by atoms with van der Waals surface area (Å²) in [5.41, 5.74) is 5.65. The SMILES string of the molecule is CSSC(COc1cccc(C(=O)NCCN)c1)OCCOCC(=O)NCC#CB[C@H]1C[C@@H](O[C@@H](COC(=O)c2ccccc2)SSC)C(CO)O1. The van der Waals surface area contributed by atoms with Gasteiger partial charge in [0.05, 0.1) is 38.0 Å². The molecule has 1 fully saturated rings. The Kier molecular flexibility index (Phi) is 22.1. The van der Waals surface area contributed by atoms with Gasteiger partial charge in [0.1, 0.15) is 42.5 Å². The smallest absolute Gasteiger partial charge is 0.338 e. The van der Waals surface area contributed by atoms with E-state index in [-0.39, 0.29) is 69.4 Å². The second-order valence-electron chi connectivity index (χ2n) is 10.9. The van der Waals surface area contributed by atoms with Crippen LogP contribution in [0.2, 0.25) is 0 Å². The van der Waals surface area contributed by atoms with Crippen LogP contribution in [-0.2, 0) is 28.5 Å². The van der Waals surface area contributed by atoms with Crippen molar-refractivity contribution in [3.05, 3.63) is 65.7 Å². The Balaban J connectivity index is 1.29. The summed E-state index contributed by atoms with van der Waals surface area (Å²) < 4.78 is 34.8. The number of aliphatic hydroxyl groups excluding tert-OH is 1. The molecule has 1 aliphatic heterocycles. The van der Waals surface area contributed by atoms with E-state index >= 15 is 0 Å². The molecule has 0 saturated carbocycles. The van der Waals surface area contributed by atoms with Crippen LogP contribution in [-0.4, -0.2) is 131 Å². The van der Waals surface area contributed by atoms with E-state index in [1.54, 1.807) is 48.5 Å². The summed E-state index contributed by atoms with van der Waals surface area (Å²) in [5.74, 6) is 5.53. The number of carbonyl (C=O) groups excluding carboxylic acids is 3. The Labute approximate surface area is 321 Å². The van der Waals surface area contributed by atoms with Crippen LogP contribution in [0.25, 0.3) is 0 Å². The van der Waals surface area contributed by atoms with E-state index in [9.17, 15) is 19.5 Å². The first-order chi connectivity index (χ1) is 25.4. The summed E-state index contributed by atoms with van der Waals surface area (Å²) in [6, 6.07) is 15.4. The van der Waals surface area contributed by atoms with Crippen LogP contribution < -0.4 is 21.1 Å². The van der Waals surface area contributed by atoms with Crippen LogP contribution in [0, 0.1) is 11.7 Å². The highest BCUT2D eigenvalue weighted by Gasteiger charge is 2.37. The molecule has 5 N–H and O–H groups in total. The van der Waals surface area contributed by atoms with E-state index in [1.807, 2.05) is 18.6 Å². The van der Waals surface area contributed by atoms with E-state index in [2.05, 4.69) is 22.4 Å². The van der Waals surface area contributed by atoms with Crippen molar-refractivity contribution in [3.8, 4) is 17.5 Å². The van der Waals surface area contributed by atoms with Crippen molar-refractivity contribution in [2.75, 3.05) is 71.8 Å². The maximum Gasteiger partial charge on any atom is 0.338 e. The molecule has 3 rings (SSSR count). The lowest BCUT2D eigenvalue weighted by Gasteiger charge is -2.23. The molecule has 0 radical (unpaired) electrons. The second kappa shape index (κ2) is 26.2. The van der Waals surface area contributed by atoms with E-state index in [0.29, 0.717) is 43.7 Å². The fourth-order valence-corrected chi connectivity index (χ4v) is 7.61. The molecule has 1 heterocycles. The second-order valence-corrected chi connectivity index (χ2v) is 16.1. The highest BCUT2D eigenvalue weighted by Crippen LogP contribution is 2.31. The predicted molar refractivity (Wildman–Crippen MR) is 210 cm³/mol. The van der Waals surface area contributed by atoms with Crippen molar-refractivity contribution in [1.82, 2.24) is 10.6 Å². The van der Waals surface area contributed by atoms with Crippen molar-refractivity contribution in [1.29, 1.82) is 0 Å². The molecule has 1 saturated heterocycles. The Bertz CT molecular complexity index is 1420. The van der Waals surface area contributed by atoms with Crippen molar-refractivity contribution in [3.63, 3.8) is 0 Å². The summed E-state index contributed by atoms with van der Waals surface area (Å²) >= 11 is 0. The molecule has 2 aromatic carbocycles. The zero-order valence-electron chi connectivity index (χ0n) is 29.2. The van der Waals surface area contributed by atoms with Crippen LogP contribution in [0.15, 0.2) is 54.6 Å². The van der Waals surface area contributed by atoms with Crippen LogP contribution in [0.1, 0.15) is 27.1 Å². The molecule has 1 aliphatic rings. The average molecular weight is 796 g/mol. The number of benzene rings is 2. The van der Waals surface area contributed by atoms with Crippen molar-refractivity contribution in [2.45, 2.75) is 35.5 Å². The van der Waals surface area contributed by atoms with E-state index < -0.39 is 23.6 Å². The van der Waals surface area contributed by atoms with Crippen molar-refractivity contribution >= 4 is 68.2 Å². The molecule has 13 nitrogen and oxygen atoms in total. The molecule has 2 aromatic rings. The van der Waals surface area contributed by atoms with Crippen molar-refractivity contribution in [2.24, 2.45) is 5.73 Å². The number of aliphatic hydroxyl groups is 1. The number of hydrogen-bond acceptors (Lipinski definition) is 15. The number of nitrogens with one attached hydrogen (secondary N) is 2. The lowest BCUT2D eigenvalue weighted by atomic mass is 9.71. The number of nitrogens with two attached hydrogens (primary N) is 1. The molecular weight excluding hydrogens is 749 g/mol. The molecule has 5 atom stereocenters. The molecule has 0 spiro atoms. The Morgan fingerprint density at radius 1 is 1.02 bits per heavy atom. The highest BCUT2D eigenvalue weighted by molar-refractivity contribution is 8.76. The number of carbonyl (C=O) groups is 3. The summed E-state index contributed by atoms with van der Waals surface area (Å²) in [6.07, 6.45) is 3.44. The van der Waals surface area contributed by atoms with Gasteiger partial charge in [-0.15, -0.1) is 0 Å². The fraction of sp³-hybridized carbons (Fsp3) is 0.500. The monoisotopic (exact) mass is 795 g/mol. The third kappa shape index (κ3) is 17.1. The third-order valence-electron chi connectivity index (χ3n) is 7.06. The first-order valence-electron chi connectivity index (χ1n) is 16.5. The van der Waals surface area contributed by atoms with E-state index in [4.69, 9.17) is 34.2 Å². The topological polar surface area (TPSA) is 177 Å². The van der Waals surface area contributed by atoms with Gasteiger partial charge in [-0.25, -0.2) is 4.79 Å². The summed E-state index contributed by atoms with van der Waals surface area (Å²) in [7, 11) is 6.35. The van der Waals surface area contributed by atoms with Gasteiger partial charge >= 0.3 is 5.97 Å². The number of esters is 1. The number of amides is 2. The predicted octanol–water partition coefficient (Wildman–Crippen LogP) is 2.32. The van der Waals surface area contributed by atoms with E-state index in [0.717, 1.165) is 0 Å². The van der Waals surface area contributed by atoms with Gasteiger partial charge in [0, 0.05) is 24.7 Å². The van der Waals surface area contributed by atoms with E-state index in [1.165, 1.54) is 43.2 Å². The molecular formula is C34H46BN3O10S4. The Morgan fingerprint density at radius 3 is 2.54 bits per heavy atom. The first-order valence-corrected chi connectivity index (χ1v) is 21.8. The molecule has 52 heavy (non-hydrogen) atoms. The molecule has 0 aromatic heterocycles. The summed E-state index contributed by atoms with van der Waals surface area (Å²) in [4.78, 5) is 36.8. The minimum atomic E-state index is -0.525. The molecule has 284 valence electrons. The van der Waals surface area contributed by atoms with Gasteiger partial charge in [-0.05, 0) is 49.3 Å². The van der Waals surface area contributed by atoms with Gasteiger partial charge in [-0.1, -0.05) is 73.4 Å². The maximum atomic E-state index is 12.4. The summed E-state index contributed by atoms with van der Waals surface area (Å²) in [6.45, 7) is 1.31. The van der Waals surface area contributed by atoms with Crippen LogP contribution in [0.4, 0.5) is 0 Å². The molecule has 0 bridgehead atoms. The van der Waals surface area contributed by atoms with Gasteiger partial charge in [0.15, 0.2) is 0 Å². The molecule has 2 amide bonds. The van der Waals surface area contributed by atoms with Gasteiger partial charge in [0.25, 0.3) is 5.91 Å². The molecule has 2 unspecified atom stereocenters. The first kappa shape index (κ1) is 43.8. The highest BCUT2D eigenvalue weighted by atomic mass is 33.1. The molecule has 0 aliphatic carbocycles. The van der Waals surface area contributed by atoms with Gasteiger partial charge in [-0.3, -0.25) is 9.59 Å². The van der Waals surface area contributed by atoms with Crippen LogP contribution in [0.5, 0.6) is 5.75 Å². The number of hydrogen-bond donors (Lipinski definition) is 4. The lowest BCUT2D eigenvalue weighted by Crippen LogP contribution is -2.32. The quantitative estimate of drug-likeness (QED) is 0.0304. The maximum absolute atomic E-state index is 12.4. The minimum Gasteiger partial charge on any atom is -0.490 e. The lowest BCUT2D eigenvalue weighted by molar-refractivity contribution is -0.126. The zero-order chi connectivity index (χ0) is 37.4. The number of ether oxygens (including phenoxy) is 6. The Hall–Kier alpha value is -2.57. The normalized spacial score (nSPS) is 17.7. The van der Waals surface area contributed by atoms with Gasteiger partial charge in [0.2, 0.25) is 13.2 Å². The fourth-order valence-electron chi connectivity index (χ4n) is 4.67. The zero-order valence-corrected chi connectivity index (χ0v) is 32.5. The average Bonchev–Trinajstić information content (AvgIpc) is 3.56. The molecule has 18 heteroatoms. The van der Waals surface area contributed by atoms with Gasteiger partial charge < -0.3 is 49.9 Å². The largest absolute Gasteiger partial charge is 0.490 e. The van der Waals surface area contributed by atoms with Crippen molar-refractivity contribution < 1.29 is 47.9 Å². The van der Waals surface area contributed by atoms with Gasteiger partial charge in [-0.2, -0.15) is 5.82 Å². The minimum absolute atomic E-state index is 0.0523. The van der Waals surface area contributed by atoms with Crippen LogP contribution >= 0.6 is 43.2 Å².